The SMILES string of the molecule is C/C=C\C/C(=C\C)c1oc(C)c(-c2ccc(F)cc2)c1C(=O)CC. The number of ketones is 1. The Morgan fingerprint density at radius 1 is 1.21 bits per heavy atom. The van der Waals surface area contributed by atoms with Crippen molar-refractivity contribution in [1.82, 2.24) is 0 Å². The second kappa shape index (κ2) is 7.91. The first-order chi connectivity index (χ1) is 11.5. The molecule has 0 amide bonds. The van der Waals surface area contributed by atoms with E-state index in [9.17, 15) is 9.18 Å². The molecule has 0 aliphatic carbocycles. The highest BCUT2D eigenvalue weighted by atomic mass is 19.1. The maximum absolute atomic E-state index is 13.2. The van der Waals surface area contributed by atoms with Crippen molar-refractivity contribution in [3.8, 4) is 11.1 Å². The van der Waals surface area contributed by atoms with E-state index in [0.717, 1.165) is 16.7 Å². The standard InChI is InChI=1S/C21H23FO2/c1-5-8-9-15(6-2)21-20(18(23)7-3)19(14(4)24-21)16-10-12-17(22)13-11-16/h5-6,8,10-13H,7,9H2,1-4H3/b8-5-,15-6+. The van der Waals surface area contributed by atoms with Crippen LogP contribution in [0, 0.1) is 12.7 Å². The van der Waals surface area contributed by atoms with E-state index in [1.807, 2.05) is 45.9 Å². The van der Waals surface area contributed by atoms with Crippen LogP contribution in [0.15, 0.2) is 46.9 Å². The van der Waals surface area contributed by atoms with Crippen molar-refractivity contribution >= 4 is 11.4 Å². The molecule has 0 unspecified atom stereocenters. The van der Waals surface area contributed by atoms with Crippen LogP contribution in [0.5, 0.6) is 0 Å². The number of carbonyl (C=O) groups is 1. The molecular formula is C21H23FO2. The summed E-state index contributed by atoms with van der Waals surface area (Å²) >= 11 is 0. The lowest BCUT2D eigenvalue weighted by Gasteiger charge is -2.07. The highest BCUT2D eigenvalue weighted by Crippen LogP contribution is 2.37. The first-order valence-corrected chi connectivity index (χ1v) is 8.22. The zero-order valence-electron chi connectivity index (χ0n) is 14.7. The maximum Gasteiger partial charge on any atom is 0.167 e. The van der Waals surface area contributed by atoms with Crippen LogP contribution in [-0.2, 0) is 0 Å². The third kappa shape index (κ3) is 3.56. The molecule has 0 fully saturated rings. The molecule has 2 aromatic rings. The molecular weight excluding hydrogens is 303 g/mol. The smallest absolute Gasteiger partial charge is 0.167 e. The average molecular weight is 326 g/mol. The fourth-order valence-electron chi connectivity index (χ4n) is 2.76. The molecule has 0 saturated carbocycles. The van der Waals surface area contributed by atoms with Crippen molar-refractivity contribution in [2.24, 2.45) is 0 Å². The zero-order valence-corrected chi connectivity index (χ0v) is 14.7. The average Bonchev–Trinajstić information content (AvgIpc) is 2.93. The van der Waals surface area contributed by atoms with Crippen LogP contribution >= 0.6 is 0 Å². The summed E-state index contributed by atoms with van der Waals surface area (Å²) in [5.74, 6) is 1.03. The van der Waals surface area contributed by atoms with Gasteiger partial charge in [-0.05, 0) is 50.5 Å². The molecule has 0 aliphatic heterocycles. The third-order valence-electron chi connectivity index (χ3n) is 4.03. The summed E-state index contributed by atoms with van der Waals surface area (Å²) < 4.78 is 19.2. The van der Waals surface area contributed by atoms with Gasteiger partial charge in [-0.3, -0.25) is 4.79 Å². The number of carbonyl (C=O) groups excluding carboxylic acids is 1. The molecule has 1 aromatic heterocycles. The number of halogens is 1. The lowest BCUT2D eigenvalue weighted by Crippen LogP contribution is -2.01. The van der Waals surface area contributed by atoms with Gasteiger partial charge in [-0.15, -0.1) is 0 Å². The summed E-state index contributed by atoms with van der Waals surface area (Å²) in [7, 11) is 0. The monoisotopic (exact) mass is 326 g/mol. The predicted octanol–water partition coefficient (Wildman–Crippen LogP) is 6.36. The molecule has 24 heavy (non-hydrogen) atoms. The summed E-state index contributed by atoms with van der Waals surface area (Å²) in [5, 5.41) is 0. The topological polar surface area (TPSA) is 30.2 Å². The van der Waals surface area contributed by atoms with Crippen LogP contribution in [0.4, 0.5) is 4.39 Å². The van der Waals surface area contributed by atoms with Gasteiger partial charge in [0, 0.05) is 12.0 Å². The van der Waals surface area contributed by atoms with Gasteiger partial charge in [0.05, 0.1) is 5.56 Å². The van der Waals surface area contributed by atoms with Gasteiger partial charge >= 0.3 is 0 Å². The molecule has 1 aromatic carbocycles. The van der Waals surface area contributed by atoms with E-state index in [2.05, 4.69) is 0 Å². The quantitative estimate of drug-likeness (QED) is 0.457. The van der Waals surface area contributed by atoms with Gasteiger partial charge in [-0.1, -0.05) is 37.3 Å². The number of Topliss-reactive ketones (excluding diaryl/α,β-unsaturated/α-hetero) is 1. The van der Waals surface area contributed by atoms with Crippen LogP contribution in [0.25, 0.3) is 16.7 Å². The molecule has 1 heterocycles. The van der Waals surface area contributed by atoms with E-state index >= 15 is 0 Å². The van der Waals surface area contributed by atoms with E-state index in [4.69, 9.17) is 4.42 Å². The fraction of sp³-hybridized carbons (Fsp3) is 0.286. The number of furan rings is 1. The van der Waals surface area contributed by atoms with E-state index in [1.165, 1.54) is 12.1 Å². The van der Waals surface area contributed by atoms with Gasteiger partial charge < -0.3 is 4.42 Å². The van der Waals surface area contributed by atoms with Gasteiger partial charge in [0.25, 0.3) is 0 Å². The van der Waals surface area contributed by atoms with Crippen molar-refractivity contribution < 1.29 is 13.6 Å². The van der Waals surface area contributed by atoms with Crippen molar-refractivity contribution in [3.05, 3.63) is 65.4 Å². The Balaban J connectivity index is 2.68. The Labute approximate surface area is 142 Å². The highest BCUT2D eigenvalue weighted by molar-refractivity contribution is 6.06. The first-order valence-electron chi connectivity index (χ1n) is 8.22. The Kier molecular flexibility index (Phi) is 5.91. The number of benzene rings is 1. The van der Waals surface area contributed by atoms with Crippen LogP contribution in [0.2, 0.25) is 0 Å². The van der Waals surface area contributed by atoms with Crippen LogP contribution in [0.1, 0.15) is 55.5 Å². The Hall–Kier alpha value is -2.42. The molecule has 0 bridgehead atoms. The van der Waals surface area contributed by atoms with Crippen molar-refractivity contribution in [1.29, 1.82) is 0 Å². The minimum absolute atomic E-state index is 0.0287. The fourth-order valence-corrected chi connectivity index (χ4v) is 2.76. The summed E-state index contributed by atoms with van der Waals surface area (Å²) in [4.78, 5) is 12.6. The Morgan fingerprint density at radius 2 is 1.88 bits per heavy atom. The summed E-state index contributed by atoms with van der Waals surface area (Å²) in [6.07, 6.45) is 7.07. The van der Waals surface area contributed by atoms with E-state index < -0.39 is 0 Å². The number of hydrogen-bond acceptors (Lipinski definition) is 2. The molecule has 3 heteroatoms. The molecule has 2 rings (SSSR count). The van der Waals surface area contributed by atoms with Crippen LogP contribution in [-0.4, -0.2) is 5.78 Å². The van der Waals surface area contributed by atoms with Gasteiger partial charge in [-0.2, -0.15) is 0 Å². The minimum Gasteiger partial charge on any atom is -0.460 e. The van der Waals surface area contributed by atoms with Crippen molar-refractivity contribution in [2.75, 3.05) is 0 Å². The zero-order chi connectivity index (χ0) is 17.7. The highest BCUT2D eigenvalue weighted by Gasteiger charge is 2.25. The summed E-state index contributed by atoms with van der Waals surface area (Å²) in [6, 6.07) is 6.17. The Morgan fingerprint density at radius 3 is 2.42 bits per heavy atom. The van der Waals surface area contributed by atoms with E-state index in [0.29, 0.717) is 29.9 Å². The molecule has 126 valence electrons. The molecule has 0 saturated heterocycles. The number of hydrogen-bond donors (Lipinski definition) is 0. The molecule has 0 radical (unpaired) electrons. The first kappa shape index (κ1) is 17.9. The van der Waals surface area contributed by atoms with Gasteiger partial charge in [0.1, 0.15) is 17.3 Å². The molecule has 0 spiro atoms. The molecule has 2 nitrogen and oxygen atoms in total. The Bertz CT molecular complexity index is 777. The summed E-state index contributed by atoms with van der Waals surface area (Å²) in [6.45, 7) is 7.58. The number of aryl methyl sites for hydroxylation is 1. The lowest BCUT2D eigenvalue weighted by atomic mass is 9.93. The summed E-state index contributed by atoms with van der Waals surface area (Å²) in [5.41, 5.74) is 3.12. The van der Waals surface area contributed by atoms with Crippen molar-refractivity contribution in [2.45, 2.75) is 40.5 Å². The van der Waals surface area contributed by atoms with Gasteiger partial charge in [0.2, 0.25) is 0 Å². The van der Waals surface area contributed by atoms with E-state index in [1.54, 1.807) is 12.1 Å². The van der Waals surface area contributed by atoms with Crippen molar-refractivity contribution in [3.63, 3.8) is 0 Å². The molecule has 0 atom stereocenters. The van der Waals surface area contributed by atoms with E-state index in [-0.39, 0.29) is 11.6 Å². The second-order valence-corrected chi connectivity index (χ2v) is 5.61. The number of allylic oxidation sites excluding steroid dienone is 4. The second-order valence-electron chi connectivity index (χ2n) is 5.61. The lowest BCUT2D eigenvalue weighted by molar-refractivity contribution is 0.0987. The largest absolute Gasteiger partial charge is 0.460 e. The minimum atomic E-state index is -0.300. The molecule has 0 aliphatic rings. The molecule has 0 N–H and O–H groups in total. The third-order valence-corrected chi connectivity index (χ3v) is 4.03. The van der Waals surface area contributed by atoms with Crippen LogP contribution < -0.4 is 0 Å². The van der Waals surface area contributed by atoms with Gasteiger partial charge in [-0.25, -0.2) is 4.39 Å². The number of rotatable bonds is 6. The van der Waals surface area contributed by atoms with Crippen LogP contribution in [0.3, 0.4) is 0 Å². The predicted molar refractivity (Wildman–Crippen MR) is 96.5 cm³/mol. The maximum atomic E-state index is 13.2. The normalized spacial score (nSPS) is 12.1. The van der Waals surface area contributed by atoms with Gasteiger partial charge in [0.15, 0.2) is 5.78 Å².